The van der Waals surface area contributed by atoms with Crippen molar-refractivity contribution >= 4 is 17.6 Å². The second kappa shape index (κ2) is 13.1. The summed E-state index contributed by atoms with van der Waals surface area (Å²) in [7, 11) is 1.61. The quantitative estimate of drug-likeness (QED) is 0.281. The fourth-order valence-electron chi connectivity index (χ4n) is 5.65. The summed E-state index contributed by atoms with van der Waals surface area (Å²) in [6, 6.07) is 19.6. The minimum Gasteiger partial charge on any atom is -0.497 e. The standard InChI is InChI=1S/C33H37FN2O5/c1-40-27-10-11-29(33(39)35-20-23-4-2-6-26(34)16-23)31(18-27)36-14-12-22(13-15-36)21-41-28-7-3-5-25(17-28)30(19-32(37)38)24-8-9-24/h2-7,10-11,16-18,22,24,30H,8-9,12-15,19-21H2,1H3,(H,35,39)(H,37,38). The summed E-state index contributed by atoms with van der Waals surface area (Å²) in [4.78, 5) is 26.7. The Labute approximate surface area is 240 Å². The molecule has 2 fully saturated rings. The number of hydrogen-bond donors (Lipinski definition) is 2. The summed E-state index contributed by atoms with van der Waals surface area (Å²) in [5, 5.41) is 12.3. The summed E-state index contributed by atoms with van der Waals surface area (Å²) in [6.45, 7) is 2.37. The van der Waals surface area contributed by atoms with Gasteiger partial charge in [0.15, 0.2) is 0 Å². The molecule has 0 spiro atoms. The molecule has 3 aromatic carbocycles. The third-order valence-corrected chi connectivity index (χ3v) is 8.10. The number of halogens is 1. The first kappa shape index (κ1) is 28.5. The SMILES string of the molecule is COc1ccc(C(=O)NCc2cccc(F)c2)c(N2CCC(COc3cccc(C(CC(=O)O)C4CC4)c3)CC2)c1. The highest BCUT2D eigenvalue weighted by Gasteiger charge is 2.34. The molecule has 0 radical (unpaired) electrons. The summed E-state index contributed by atoms with van der Waals surface area (Å²) in [6.07, 6.45) is 4.15. The lowest BCUT2D eigenvalue weighted by atomic mass is 9.91. The summed E-state index contributed by atoms with van der Waals surface area (Å²) in [5.74, 6) is 1.02. The molecule has 3 aromatic rings. The van der Waals surface area contributed by atoms with Crippen molar-refractivity contribution in [3.8, 4) is 11.5 Å². The van der Waals surface area contributed by atoms with Crippen LogP contribution in [0.2, 0.25) is 0 Å². The van der Waals surface area contributed by atoms with Gasteiger partial charge in [0, 0.05) is 25.7 Å². The van der Waals surface area contributed by atoms with Gasteiger partial charge >= 0.3 is 5.97 Å². The van der Waals surface area contributed by atoms with Gasteiger partial charge < -0.3 is 24.8 Å². The van der Waals surface area contributed by atoms with E-state index in [9.17, 15) is 19.1 Å². The highest BCUT2D eigenvalue weighted by molar-refractivity contribution is 6.00. The lowest BCUT2D eigenvalue weighted by molar-refractivity contribution is -0.137. The topological polar surface area (TPSA) is 88.1 Å². The Morgan fingerprint density at radius 3 is 2.49 bits per heavy atom. The molecule has 2 N–H and O–H groups in total. The van der Waals surface area contributed by atoms with Gasteiger partial charge in [-0.1, -0.05) is 24.3 Å². The maximum Gasteiger partial charge on any atom is 0.303 e. The summed E-state index contributed by atoms with van der Waals surface area (Å²) in [5.41, 5.74) is 3.12. The smallest absolute Gasteiger partial charge is 0.303 e. The fourth-order valence-corrected chi connectivity index (χ4v) is 5.65. The number of carbonyl (C=O) groups is 2. The number of piperidine rings is 1. The van der Waals surface area contributed by atoms with Crippen molar-refractivity contribution in [2.24, 2.45) is 11.8 Å². The normalized spacial score (nSPS) is 16.2. The van der Waals surface area contributed by atoms with E-state index in [-0.39, 0.29) is 30.6 Å². The van der Waals surface area contributed by atoms with Crippen molar-refractivity contribution in [3.05, 3.63) is 89.2 Å². The van der Waals surface area contributed by atoms with E-state index in [2.05, 4.69) is 10.2 Å². The highest BCUT2D eigenvalue weighted by Crippen LogP contribution is 2.45. The van der Waals surface area contributed by atoms with Gasteiger partial charge in [0.2, 0.25) is 0 Å². The van der Waals surface area contributed by atoms with Crippen LogP contribution in [0, 0.1) is 17.7 Å². The first-order valence-corrected chi connectivity index (χ1v) is 14.3. The first-order valence-electron chi connectivity index (χ1n) is 14.3. The van der Waals surface area contributed by atoms with Crippen LogP contribution in [0.15, 0.2) is 66.7 Å². The molecule has 1 atom stereocenters. The van der Waals surface area contributed by atoms with E-state index in [0.29, 0.717) is 35.3 Å². The number of benzene rings is 3. The van der Waals surface area contributed by atoms with Crippen molar-refractivity contribution in [3.63, 3.8) is 0 Å². The van der Waals surface area contributed by atoms with Crippen LogP contribution >= 0.6 is 0 Å². The van der Waals surface area contributed by atoms with E-state index >= 15 is 0 Å². The molecular weight excluding hydrogens is 523 g/mol. The van der Waals surface area contributed by atoms with Crippen LogP contribution in [0.1, 0.15) is 59.5 Å². The van der Waals surface area contributed by atoms with Crippen molar-refractivity contribution in [2.45, 2.75) is 44.6 Å². The van der Waals surface area contributed by atoms with Crippen LogP contribution in [0.3, 0.4) is 0 Å². The van der Waals surface area contributed by atoms with Crippen LogP contribution in [-0.4, -0.2) is 43.8 Å². The molecule has 1 saturated carbocycles. The van der Waals surface area contributed by atoms with Crippen LogP contribution in [0.4, 0.5) is 10.1 Å². The van der Waals surface area contributed by atoms with E-state index in [1.807, 2.05) is 30.3 Å². The van der Waals surface area contributed by atoms with Gasteiger partial charge in [0.05, 0.1) is 31.4 Å². The van der Waals surface area contributed by atoms with Gasteiger partial charge in [-0.25, -0.2) is 4.39 Å². The molecule has 8 heteroatoms. The molecule has 1 heterocycles. The number of carboxylic acid groups (broad SMARTS) is 1. The van der Waals surface area contributed by atoms with E-state index in [1.54, 1.807) is 31.4 Å². The Morgan fingerprint density at radius 2 is 1.78 bits per heavy atom. The molecule has 41 heavy (non-hydrogen) atoms. The van der Waals surface area contributed by atoms with Gasteiger partial charge in [-0.05, 0) is 91.0 Å². The molecule has 1 aliphatic carbocycles. The van der Waals surface area contributed by atoms with Crippen molar-refractivity contribution in [1.29, 1.82) is 0 Å². The molecule has 216 valence electrons. The maximum absolute atomic E-state index is 13.5. The largest absolute Gasteiger partial charge is 0.497 e. The number of carbonyl (C=O) groups excluding carboxylic acids is 1. The minimum absolute atomic E-state index is 0.0439. The number of nitrogens with zero attached hydrogens (tertiary/aromatic N) is 1. The number of aliphatic carboxylic acids is 1. The molecule has 1 unspecified atom stereocenters. The van der Waals surface area contributed by atoms with Crippen LogP contribution in [0.25, 0.3) is 0 Å². The van der Waals surface area contributed by atoms with Crippen LogP contribution < -0.4 is 19.7 Å². The Balaban J connectivity index is 1.18. The second-order valence-electron chi connectivity index (χ2n) is 11.1. The Hall–Kier alpha value is -4.07. The predicted molar refractivity (Wildman–Crippen MR) is 155 cm³/mol. The fraction of sp³-hybridized carbons (Fsp3) is 0.394. The number of amides is 1. The van der Waals surface area contributed by atoms with Crippen molar-refractivity contribution in [2.75, 3.05) is 31.7 Å². The molecule has 1 amide bonds. The van der Waals surface area contributed by atoms with Gasteiger partial charge in [0.1, 0.15) is 17.3 Å². The summed E-state index contributed by atoms with van der Waals surface area (Å²) < 4.78 is 25.2. The average Bonchev–Trinajstić information content (AvgIpc) is 3.83. The minimum atomic E-state index is -0.761. The monoisotopic (exact) mass is 560 g/mol. The lowest BCUT2D eigenvalue weighted by Crippen LogP contribution is -2.37. The maximum atomic E-state index is 13.5. The third-order valence-electron chi connectivity index (χ3n) is 8.10. The predicted octanol–water partition coefficient (Wildman–Crippen LogP) is 6.03. The van der Waals surface area contributed by atoms with Gasteiger partial charge in [-0.2, -0.15) is 0 Å². The molecule has 5 rings (SSSR count). The average molecular weight is 561 g/mol. The number of ether oxygens (including phenoxy) is 2. The van der Waals surface area contributed by atoms with E-state index in [0.717, 1.165) is 55.8 Å². The molecule has 0 bridgehead atoms. The number of anilines is 1. The number of methoxy groups -OCH3 is 1. The zero-order chi connectivity index (χ0) is 28.8. The van der Waals surface area contributed by atoms with Gasteiger partial charge in [0.25, 0.3) is 5.91 Å². The van der Waals surface area contributed by atoms with E-state index < -0.39 is 5.97 Å². The van der Waals surface area contributed by atoms with Crippen LogP contribution in [0.5, 0.6) is 11.5 Å². The molecule has 7 nitrogen and oxygen atoms in total. The zero-order valence-corrected chi connectivity index (χ0v) is 23.4. The van der Waals surface area contributed by atoms with Crippen molar-refractivity contribution < 1.29 is 28.6 Å². The highest BCUT2D eigenvalue weighted by atomic mass is 19.1. The first-order chi connectivity index (χ1) is 19.9. The van der Waals surface area contributed by atoms with Gasteiger partial charge in [-0.3, -0.25) is 9.59 Å². The van der Waals surface area contributed by atoms with Crippen molar-refractivity contribution in [1.82, 2.24) is 5.32 Å². The van der Waals surface area contributed by atoms with E-state index in [4.69, 9.17) is 9.47 Å². The Morgan fingerprint density at radius 1 is 1.00 bits per heavy atom. The Bertz CT molecular complexity index is 1370. The molecule has 0 aromatic heterocycles. The number of hydrogen-bond acceptors (Lipinski definition) is 5. The van der Waals surface area contributed by atoms with Crippen LogP contribution in [-0.2, 0) is 11.3 Å². The number of rotatable bonds is 12. The second-order valence-corrected chi connectivity index (χ2v) is 11.1. The number of nitrogens with one attached hydrogen (secondary N) is 1. The lowest BCUT2D eigenvalue weighted by Gasteiger charge is -2.34. The zero-order valence-electron chi connectivity index (χ0n) is 23.4. The molecular formula is C33H37FN2O5. The summed E-state index contributed by atoms with van der Waals surface area (Å²) >= 11 is 0. The third kappa shape index (κ3) is 7.57. The van der Waals surface area contributed by atoms with Gasteiger partial charge in [-0.15, -0.1) is 0 Å². The Kier molecular flexibility index (Phi) is 9.07. The molecule has 1 aliphatic heterocycles. The molecule has 2 aliphatic rings. The molecule has 1 saturated heterocycles. The number of carboxylic acids is 1. The van der Waals surface area contributed by atoms with E-state index in [1.165, 1.54) is 12.1 Å².